The van der Waals surface area contributed by atoms with E-state index in [9.17, 15) is 4.79 Å². The van der Waals surface area contributed by atoms with Crippen molar-refractivity contribution >= 4 is 5.91 Å². The van der Waals surface area contributed by atoms with Crippen molar-refractivity contribution in [2.24, 2.45) is 0 Å². The molecule has 0 atom stereocenters. The first-order valence-corrected chi connectivity index (χ1v) is 9.69. The van der Waals surface area contributed by atoms with Crippen LogP contribution < -0.4 is 10.3 Å². The van der Waals surface area contributed by atoms with Gasteiger partial charge in [0.15, 0.2) is 0 Å². The van der Waals surface area contributed by atoms with Gasteiger partial charge < -0.3 is 4.90 Å². The molecule has 0 spiro atoms. The number of likely N-dealkylation sites (N-methyl/N-ethyl adjacent to an activating group) is 1. The van der Waals surface area contributed by atoms with Crippen molar-refractivity contribution in [2.75, 3.05) is 33.2 Å². The molecule has 1 aliphatic heterocycles. The molecule has 1 aliphatic rings. The summed E-state index contributed by atoms with van der Waals surface area (Å²) in [6, 6.07) is 18.0. The predicted molar refractivity (Wildman–Crippen MR) is 109 cm³/mol. The first-order valence-electron chi connectivity index (χ1n) is 9.69. The Labute approximate surface area is 165 Å². The molecule has 6 nitrogen and oxygen atoms in total. The highest BCUT2D eigenvalue weighted by molar-refractivity contribution is 5.99. The van der Waals surface area contributed by atoms with Crippen LogP contribution in [-0.4, -0.2) is 53.9 Å². The van der Waals surface area contributed by atoms with Crippen LogP contribution in [0.1, 0.15) is 15.9 Å². The maximum Gasteiger partial charge on any atom is 0.269 e. The van der Waals surface area contributed by atoms with E-state index in [0.29, 0.717) is 11.3 Å². The van der Waals surface area contributed by atoms with E-state index in [1.807, 2.05) is 65.8 Å². The van der Waals surface area contributed by atoms with Gasteiger partial charge in [0.05, 0.1) is 44.5 Å². The van der Waals surface area contributed by atoms with Crippen LogP contribution in [0, 0.1) is 6.92 Å². The Morgan fingerprint density at radius 1 is 1.04 bits per heavy atom. The Bertz CT molecular complexity index is 941. The molecule has 1 fully saturated rings. The number of carbonyl (C=O) groups excluding carboxylic acids is 1. The zero-order valence-electron chi connectivity index (χ0n) is 16.4. The molecule has 1 aromatic heterocycles. The molecule has 0 unspecified atom stereocenters. The molecule has 4 rings (SSSR count). The van der Waals surface area contributed by atoms with Gasteiger partial charge in [-0.3, -0.25) is 10.2 Å². The molecule has 144 valence electrons. The summed E-state index contributed by atoms with van der Waals surface area (Å²) in [4.78, 5) is 14.6. The minimum Gasteiger partial charge on any atom is -0.335 e. The minimum absolute atomic E-state index is 0.114. The summed E-state index contributed by atoms with van der Waals surface area (Å²) in [6.45, 7) is 5.80. The van der Waals surface area contributed by atoms with Crippen molar-refractivity contribution in [1.29, 1.82) is 0 Å². The summed E-state index contributed by atoms with van der Waals surface area (Å²) in [6.07, 6.45) is 1.82. The topological polar surface area (TPSA) is 54.6 Å². The van der Waals surface area contributed by atoms with Crippen molar-refractivity contribution in [3.63, 3.8) is 0 Å². The van der Waals surface area contributed by atoms with Gasteiger partial charge in [-0.25, -0.2) is 9.69 Å². The molecule has 2 N–H and O–H groups in total. The molecule has 6 heteroatoms. The number of hydrogen-bond acceptors (Lipinski definition) is 3. The fourth-order valence-corrected chi connectivity index (χ4v) is 3.38. The highest BCUT2D eigenvalue weighted by Crippen LogP contribution is 2.24. The van der Waals surface area contributed by atoms with Crippen LogP contribution in [0.3, 0.4) is 0 Å². The van der Waals surface area contributed by atoms with E-state index in [2.05, 4.69) is 19.4 Å². The molecule has 0 aliphatic carbocycles. The summed E-state index contributed by atoms with van der Waals surface area (Å²) in [5.41, 5.74) is 7.39. The van der Waals surface area contributed by atoms with Crippen LogP contribution in [-0.2, 0) is 0 Å². The Morgan fingerprint density at radius 3 is 2.39 bits per heavy atom. The molecule has 2 aromatic carbocycles. The first-order chi connectivity index (χ1) is 13.6. The summed E-state index contributed by atoms with van der Waals surface area (Å²) in [5, 5.41) is 6.75. The van der Waals surface area contributed by atoms with Gasteiger partial charge in [-0.2, -0.15) is 5.10 Å². The van der Waals surface area contributed by atoms with Gasteiger partial charge >= 0.3 is 0 Å². The Morgan fingerprint density at radius 2 is 1.71 bits per heavy atom. The maximum absolute atomic E-state index is 13.1. The zero-order valence-corrected chi connectivity index (χ0v) is 16.4. The Kier molecular flexibility index (Phi) is 5.23. The number of quaternary nitrogens is 1. The van der Waals surface area contributed by atoms with Gasteiger partial charge in [-0.1, -0.05) is 48.0 Å². The zero-order chi connectivity index (χ0) is 19.5. The Balaban J connectivity index is 1.67. The summed E-state index contributed by atoms with van der Waals surface area (Å²) >= 11 is 0. The molecule has 2 heterocycles. The van der Waals surface area contributed by atoms with Crippen LogP contribution in [0.25, 0.3) is 16.9 Å². The van der Waals surface area contributed by atoms with E-state index in [-0.39, 0.29) is 5.91 Å². The number of para-hydroxylation sites is 1. The number of nitrogens with zero attached hydrogens (tertiary/aromatic N) is 3. The number of amides is 1. The maximum atomic E-state index is 13.1. The Hall–Kier alpha value is -2.96. The number of carbonyl (C=O) groups is 1. The lowest BCUT2D eigenvalue weighted by atomic mass is 10.1. The molecular formula is C22H26N5O+. The van der Waals surface area contributed by atoms with E-state index < -0.39 is 0 Å². The second kappa shape index (κ2) is 7.96. The number of rotatable bonds is 4. The number of hydrogen-bond donors (Lipinski definition) is 2. The van der Waals surface area contributed by atoms with Gasteiger partial charge in [-0.05, 0) is 19.1 Å². The van der Waals surface area contributed by atoms with Crippen molar-refractivity contribution in [2.45, 2.75) is 6.92 Å². The molecule has 0 saturated carbocycles. The third kappa shape index (κ3) is 3.98. The molecule has 3 aromatic rings. The SMILES string of the molecule is Cc1ccc(-c2nn(-c3ccccc3)cc2C(=O)NN2CC[NH+](C)CC2)cc1. The van der Waals surface area contributed by atoms with Crippen LogP contribution in [0.5, 0.6) is 0 Å². The van der Waals surface area contributed by atoms with Gasteiger partial charge in [-0.15, -0.1) is 0 Å². The predicted octanol–water partition coefficient (Wildman–Crippen LogP) is 1.32. The molecule has 1 amide bonds. The quantitative estimate of drug-likeness (QED) is 0.722. The normalized spacial score (nSPS) is 15.5. The van der Waals surface area contributed by atoms with Crippen molar-refractivity contribution < 1.29 is 9.69 Å². The van der Waals surface area contributed by atoms with Gasteiger partial charge in [0.25, 0.3) is 5.91 Å². The van der Waals surface area contributed by atoms with Crippen LogP contribution in [0.15, 0.2) is 60.8 Å². The average molecular weight is 376 g/mol. The smallest absolute Gasteiger partial charge is 0.269 e. The number of nitrogens with one attached hydrogen (secondary N) is 2. The fraction of sp³-hybridized carbons (Fsp3) is 0.273. The lowest BCUT2D eigenvalue weighted by molar-refractivity contribution is -0.884. The molecule has 0 radical (unpaired) electrons. The van der Waals surface area contributed by atoms with Gasteiger partial charge in [0, 0.05) is 11.8 Å². The monoisotopic (exact) mass is 376 g/mol. The van der Waals surface area contributed by atoms with Crippen LogP contribution in [0.2, 0.25) is 0 Å². The highest BCUT2D eigenvalue weighted by atomic mass is 16.2. The van der Waals surface area contributed by atoms with Crippen molar-refractivity contribution in [1.82, 2.24) is 20.2 Å². The second-order valence-electron chi connectivity index (χ2n) is 7.42. The third-order valence-electron chi connectivity index (χ3n) is 5.18. The molecule has 1 saturated heterocycles. The first kappa shape index (κ1) is 18.4. The number of piperazine rings is 1. The summed E-state index contributed by atoms with van der Waals surface area (Å²) in [5.74, 6) is -0.114. The summed E-state index contributed by atoms with van der Waals surface area (Å²) in [7, 11) is 2.18. The van der Waals surface area contributed by atoms with E-state index in [1.165, 1.54) is 10.5 Å². The largest absolute Gasteiger partial charge is 0.335 e. The highest BCUT2D eigenvalue weighted by Gasteiger charge is 2.23. The number of aryl methyl sites for hydroxylation is 1. The van der Waals surface area contributed by atoms with E-state index >= 15 is 0 Å². The number of benzene rings is 2. The fourth-order valence-electron chi connectivity index (χ4n) is 3.38. The minimum atomic E-state index is -0.114. The molecular weight excluding hydrogens is 350 g/mol. The van der Waals surface area contributed by atoms with E-state index in [0.717, 1.165) is 37.4 Å². The molecule has 0 bridgehead atoms. The summed E-state index contributed by atoms with van der Waals surface area (Å²) < 4.78 is 1.78. The lowest BCUT2D eigenvalue weighted by Crippen LogP contribution is -3.12. The lowest BCUT2D eigenvalue weighted by Gasteiger charge is -2.30. The van der Waals surface area contributed by atoms with Gasteiger partial charge in [0.2, 0.25) is 0 Å². The number of hydrazine groups is 1. The standard InChI is InChI=1S/C22H25N5O/c1-17-8-10-18(11-9-17)21-20(16-27(23-21)19-6-4-3-5-7-19)22(28)24-26-14-12-25(2)13-15-26/h3-11,16H,12-15H2,1-2H3,(H,24,28)/p+1. The van der Waals surface area contributed by atoms with Gasteiger partial charge in [0.1, 0.15) is 5.69 Å². The molecule has 28 heavy (non-hydrogen) atoms. The second-order valence-corrected chi connectivity index (χ2v) is 7.42. The van der Waals surface area contributed by atoms with E-state index in [4.69, 9.17) is 5.10 Å². The van der Waals surface area contributed by atoms with Crippen molar-refractivity contribution in [3.05, 3.63) is 71.9 Å². The van der Waals surface area contributed by atoms with E-state index in [1.54, 1.807) is 4.68 Å². The van der Waals surface area contributed by atoms with Crippen LogP contribution >= 0.6 is 0 Å². The van der Waals surface area contributed by atoms with Crippen LogP contribution in [0.4, 0.5) is 0 Å². The average Bonchev–Trinajstić information content (AvgIpc) is 3.17. The number of aromatic nitrogens is 2. The van der Waals surface area contributed by atoms with Crippen molar-refractivity contribution in [3.8, 4) is 16.9 Å². The third-order valence-corrected chi connectivity index (χ3v) is 5.18.